The molecule has 0 saturated carbocycles. The molecule has 2 rings (SSSR count). The van der Waals surface area contributed by atoms with Crippen LogP contribution in [0.5, 0.6) is 0 Å². The fraction of sp³-hybridized carbons (Fsp3) is 0.368. The zero-order valence-corrected chi connectivity index (χ0v) is 15.8. The number of hydrogen-bond donors (Lipinski definition) is 2. The molecule has 0 aromatic heterocycles. The number of benzene rings is 2. The summed E-state index contributed by atoms with van der Waals surface area (Å²) in [6.07, 6.45) is 0.268. The Bertz CT molecular complexity index is 821. The van der Waals surface area contributed by atoms with E-state index in [-0.39, 0.29) is 11.0 Å². The average molecular weight is 363 g/mol. The van der Waals surface area contributed by atoms with Crippen LogP contribution in [0, 0.1) is 6.92 Å². The first-order valence-corrected chi connectivity index (χ1v) is 9.50. The van der Waals surface area contributed by atoms with Crippen LogP contribution in [0.3, 0.4) is 0 Å². The van der Waals surface area contributed by atoms with Crippen LogP contribution in [0.15, 0.2) is 53.4 Å². The summed E-state index contributed by atoms with van der Waals surface area (Å²) in [5, 5.41) is 3.21. The molecule has 5 nitrogen and oxygen atoms in total. The zero-order valence-electron chi connectivity index (χ0n) is 15.0. The maximum atomic E-state index is 11.8. The molecule has 0 aliphatic heterocycles. The van der Waals surface area contributed by atoms with Crippen LogP contribution in [0.4, 0.5) is 0 Å². The van der Waals surface area contributed by atoms with Crippen molar-refractivity contribution in [3.8, 4) is 0 Å². The molecule has 0 aliphatic carbocycles. The van der Waals surface area contributed by atoms with E-state index < -0.39 is 15.7 Å². The van der Waals surface area contributed by atoms with Gasteiger partial charge in [-0.05, 0) is 44.5 Å². The second-order valence-corrected chi connectivity index (χ2v) is 7.79. The molecule has 0 amide bonds. The van der Waals surface area contributed by atoms with E-state index in [9.17, 15) is 13.0 Å². The van der Waals surface area contributed by atoms with Gasteiger partial charge in [-0.25, -0.2) is 0 Å². The van der Waals surface area contributed by atoms with Crippen LogP contribution < -0.4 is 5.32 Å². The number of ether oxygens (including phenoxy) is 1. The smallest absolute Gasteiger partial charge is 0.294 e. The van der Waals surface area contributed by atoms with E-state index in [1.54, 1.807) is 26.3 Å². The molecular formula is C19H25NO4S. The lowest BCUT2D eigenvalue weighted by Gasteiger charge is -2.34. The Labute approximate surface area is 149 Å². The first kappa shape index (κ1) is 19.6. The monoisotopic (exact) mass is 363 g/mol. The Morgan fingerprint density at radius 3 is 2.36 bits per heavy atom. The van der Waals surface area contributed by atoms with E-state index in [2.05, 4.69) is 5.32 Å². The van der Waals surface area contributed by atoms with Gasteiger partial charge in [0.25, 0.3) is 10.1 Å². The predicted octanol–water partition coefficient (Wildman–Crippen LogP) is 3.45. The molecule has 0 saturated heterocycles. The molecule has 0 heterocycles. The number of nitrogens with one attached hydrogen (secondary N) is 1. The van der Waals surface area contributed by atoms with Gasteiger partial charge in [-0.3, -0.25) is 4.55 Å². The normalized spacial score (nSPS) is 15.6. The van der Waals surface area contributed by atoms with E-state index in [4.69, 9.17) is 4.74 Å². The summed E-state index contributed by atoms with van der Waals surface area (Å²) < 4.78 is 39.0. The molecule has 2 aromatic carbocycles. The summed E-state index contributed by atoms with van der Waals surface area (Å²) in [6, 6.07) is 14.7. The quantitative estimate of drug-likeness (QED) is 0.737. The number of methoxy groups -OCH3 is 1. The first-order chi connectivity index (χ1) is 11.7. The summed E-state index contributed by atoms with van der Waals surface area (Å²) in [7, 11) is -0.927. The highest BCUT2D eigenvalue weighted by atomic mass is 32.2. The Kier molecular flexibility index (Phi) is 6.00. The SMILES string of the molecule is CNC(C)(CC(OC)c1ccccc1)c1cc(C)ccc1S(=O)(=O)O. The third-order valence-corrected chi connectivity index (χ3v) is 5.52. The minimum absolute atomic E-state index is 0.0853. The lowest BCUT2D eigenvalue weighted by atomic mass is 9.84. The van der Waals surface area contributed by atoms with Gasteiger partial charge in [-0.2, -0.15) is 8.42 Å². The van der Waals surface area contributed by atoms with Gasteiger partial charge in [0, 0.05) is 12.6 Å². The van der Waals surface area contributed by atoms with Gasteiger partial charge in [0.1, 0.15) is 0 Å². The van der Waals surface area contributed by atoms with Crippen LogP contribution in [0.25, 0.3) is 0 Å². The van der Waals surface area contributed by atoms with Gasteiger partial charge in [0.15, 0.2) is 0 Å². The van der Waals surface area contributed by atoms with Crippen LogP contribution in [0.2, 0.25) is 0 Å². The van der Waals surface area contributed by atoms with Crippen LogP contribution in [-0.4, -0.2) is 27.1 Å². The van der Waals surface area contributed by atoms with Crippen molar-refractivity contribution in [3.63, 3.8) is 0 Å². The lowest BCUT2D eigenvalue weighted by Crippen LogP contribution is -2.40. The standard InChI is InChI=1S/C19H25NO4S/c1-14-10-11-18(25(21,22)23)16(12-14)19(2,20-3)13-17(24-4)15-8-6-5-7-9-15/h5-12,17,20H,13H2,1-4H3,(H,21,22,23). The predicted molar refractivity (Wildman–Crippen MR) is 98.2 cm³/mol. The molecule has 0 radical (unpaired) electrons. The van der Waals surface area contributed by atoms with Crippen molar-refractivity contribution in [1.82, 2.24) is 5.32 Å². The molecular weight excluding hydrogens is 338 g/mol. The Morgan fingerprint density at radius 1 is 1.20 bits per heavy atom. The van der Waals surface area contributed by atoms with Crippen LogP contribution in [-0.2, 0) is 20.4 Å². The Hall–Kier alpha value is -1.73. The minimum Gasteiger partial charge on any atom is -0.377 e. The van der Waals surface area contributed by atoms with Gasteiger partial charge in [-0.15, -0.1) is 0 Å². The van der Waals surface area contributed by atoms with Crippen LogP contribution >= 0.6 is 0 Å². The molecule has 6 heteroatoms. The van der Waals surface area contributed by atoms with Gasteiger partial charge in [-0.1, -0.05) is 48.0 Å². The van der Waals surface area contributed by atoms with Crippen molar-refractivity contribution in [2.75, 3.05) is 14.2 Å². The van der Waals surface area contributed by atoms with E-state index >= 15 is 0 Å². The minimum atomic E-state index is -4.33. The number of rotatable bonds is 7. The van der Waals surface area contributed by atoms with Gasteiger partial charge in [0.05, 0.1) is 11.0 Å². The fourth-order valence-corrected chi connectivity index (χ4v) is 3.82. The molecule has 2 aromatic rings. The third kappa shape index (κ3) is 4.46. The first-order valence-electron chi connectivity index (χ1n) is 8.06. The van der Waals surface area contributed by atoms with Crippen molar-refractivity contribution in [2.24, 2.45) is 0 Å². The molecule has 2 atom stereocenters. The molecule has 2 unspecified atom stereocenters. The molecule has 0 fully saturated rings. The summed E-state index contributed by atoms with van der Waals surface area (Å²) >= 11 is 0. The van der Waals surface area contributed by atoms with Crippen molar-refractivity contribution < 1.29 is 17.7 Å². The average Bonchev–Trinajstić information content (AvgIpc) is 2.59. The van der Waals surface area contributed by atoms with Crippen LogP contribution in [0.1, 0.15) is 36.1 Å². The second kappa shape index (κ2) is 7.66. The lowest BCUT2D eigenvalue weighted by molar-refractivity contribution is 0.0686. The Morgan fingerprint density at radius 2 is 1.84 bits per heavy atom. The van der Waals surface area contributed by atoms with Crippen molar-refractivity contribution in [2.45, 2.75) is 36.8 Å². The molecule has 0 bridgehead atoms. The highest BCUT2D eigenvalue weighted by molar-refractivity contribution is 7.85. The van der Waals surface area contributed by atoms with E-state index in [0.717, 1.165) is 11.1 Å². The molecule has 136 valence electrons. The fourth-order valence-electron chi connectivity index (χ4n) is 3.02. The molecule has 2 N–H and O–H groups in total. The molecule has 0 spiro atoms. The van der Waals surface area contributed by atoms with E-state index in [1.165, 1.54) is 6.07 Å². The number of aryl methyl sites for hydroxylation is 1. The summed E-state index contributed by atoms with van der Waals surface area (Å²) in [5.74, 6) is 0. The second-order valence-electron chi connectivity index (χ2n) is 6.40. The topological polar surface area (TPSA) is 75.6 Å². The Balaban J connectivity index is 2.52. The maximum Gasteiger partial charge on any atom is 0.294 e. The van der Waals surface area contributed by atoms with Crippen molar-refractivity contribution in [1.29, 1.82) is 0 Å². The van der Waals surface area contributed by atoms with Gasteiger partial charge >= 0.3 is 0 Å². The molecule has 25 heavy (non-hydrogen) atoms. The maximum absolute atomic E-state index is 11.8. The van der Waals surface area contributed by atoms with Crippen molar-refractivity contribution in [3.05, 3.63) is 65.2 Å². The highest BCUT2D eigenvalue weighted by Crippen LogP contribution is 2.36. The summed E-state index contributed by atoms with van der Waals surface area (Å²) in [6.45, 7) is 3.80. The summed E-state index contributed by atoms with van der Waals surface area (Å²) in [5.41, 5.74) is 1.73. The number of hydrogen-bond acceptors (Lipinski definition) is 4. The van der Waals surface area contributed by atoms with Crippen molar-refractivity contribution >= 4 is 10.1 Å². The largest absolute Gasteiger partial charge is 0.377 e. The van der Waals surface area contributed by atoms with Gasteiger partial charge in [0.2, 0.25) is 0 Å². The van der Waals surface area contributed by atoms with E-state index in [1.807, 2.05) is 44.2 Å². The third-order valence-electron chi connectivity index (χ3n) is 4.61. The summed E-state index contributed by atoms with van der Waals surface area (Å²) in [4.78, 5) is -0.0853. The van der Waals surface area contributed by atoms with E-state index in [0.29, 0.717) is 12.0 Å². The van der Waals surface area contributed by atoms with Gasteiger partial charge < -0.3 is 10.1 Å². The highest BCUT2D eigenvalue weighted by Gasteiger charge is 2.34. The zero-order chi connectivity index (χ0) is 18.7. The molecule has 0 aliphatic rings.